The van der Waals surface area contributed by atoms with Crippen molar-refractivity contribution in [2.75, 3.05) is 26.8 Å². The molecule has 6 heteroatoms. The van der Waals surface area contributed by atoms with Crippen LogP contribution in [0.5, 0.6) is 0 Å². The fourth-order valence-electron chi connectivity index (χ4n) is 1.44. The molecule has 0 saturated heterocycles. The second-order valence-electron chi connectivity index (χ2n) is 4.39. The number of carboxylic acids is 1. The molecule has 0 saturated carbocycles. The highest BCUT2D eigenvalue weighted by molar-refractivity contribution is 5.85. The molecule has 1 amide bonds. The number of methoxy groups -OCH3 is 1. The number of aliphatic carboxylic acids is 1. The molecule has 17 heavy (non-hydrogen) atoms. The molecule has 100 valence electrons. The summed E-state index contributed by atoms with van der Waals surface area (Å²) in [6.07, 6.45) is 0.392. The van der Waals surface area contributed by atoms with Crippen LogP contribution in [-0.4, -0.2) is 54.7 Å². The molecule has 0 heterocycles. The third-order valence-corrected chi connectivity index (χ3v) is 2.17. The summed E-state index contributed by atoms with van der Waals surface area (Å²) in [7, 11) is 1.53. The predicted octanol–water partition coefficient (Wildman–Crippen LogP) is -0.0806. The van der Waals surface area contributed by atoms with E-state index in [0.29, 0.717) is 19.6 Å². The zero-order valence-electron chi connectivity index (χ0n) is 10.7. The highest BCUT2D eigenvalue weighted by Gasteiger charge is 2.23. The molecule has 0 radical (unpaired) electrons. The Balaban J connectivity index is 4.44. The number of ether oxygens (including phenoxy) is 1. The van der Waals surface area contributed by atoms with Crippen LogP contribution < -0.4 is 5.73 Å². The lowest BCUT2D eigenvalue weighted by atomic mass is 10.1. The fourth-order valence-corrected chi connectivity index (χ4v) is 1.44. The number of carboxylic acid groups (broad SMARTS) is 1. The van der Waals surface area contributed by atoms with E-state index >= 15 is 0 Å². The molecule has 0 spiro atoms. The lowest BCUT2D eigenvalue weighted by Gasteiger charge is -2.25. The van der Waals surface area contributed by atoms with Crippen LogP contribution in [0.1, 0.15) is 20.3 Å². The number of amides is 1. The number of carbonyl (C=O) groups excluding carboxylic acids is 1. The number of nitrogens with two attached hydrogens (primary N) is 1. The van der Waals surface area contributed by atoms with Crippen LogP contribution in [0.2, 0.25) is 0 Å². The van der Waals surface area contributed by atoms with Crippen molar-refractivity contribution in [2.24, 2.45) is 11.7 Å². The van der Waals surface area contributed by atoms with Crippen molar-refractivity contribution in [1.29, 1.82) is 0 Å². The Hall–Kier alpha value is -1.14. The van der Waals surface area contributed by atoms with Crippen molar-refractivity contribution in [2.45, 2.75) is 26.3 Å². The molecule has 0 aliphatic rings. The summed E-state index contributed by atoms with van der Waals surface area (Å²) in [5, 5.41) is 8.74. The van der Waals surface area contributed by atoms with E-state index in [1.165, 1.54) is 12.0 Å². The predicted molar refractivity (Wildman–Crippen MR) is 63.5 cm³/mol. The van der Waals surface area contributed by atoms with Gasteiger partial charge in [0.15, 0.2) is 0 Å². The first-order chi connectivity index (χ1) is 7.88. The van der Waals surface area contributed by atoms with Crippen LogP contribution >= 0.6 is 0 Å². The second-order valence-corrected chi connectivity index (χ2v) is 4.39. The number of hydrogen-bond donors (Lipinski definition) is 2. The second kappa shape index (κ2) is 8.03. The lowest BCUT2D eigenvalue weighted by Crippen LogP contribution is -2.47. The molecule has 6 nitrogen and oxygen atoms in total. The maximum atomic E-state index is 11.9. The first-order valence-electron chi connectivity index (χ1n) is 5.63. The van der Waals surface area contributed by atoms with Gasteiger partial charge in [0.1, 0.15) is 6.54 Å². The molecule has 0 aromatic heterocycles. The molecule has 0 aromatic rings. The van der Waals surface area contributed by atoms with Crippen LogP contribution in [0.15, 0.2) is 0 Å². The molecule has 0 fully saturated rings. The van der Waals surface area contributed by atoms with Crippen LogP contribution in [0, 0.1) is 5.92 Å². The summed E-state index contributed by atoms with van der Waals surface area (Å²) < 4.78 is 4.84. The Morgan fingerprint density at radius 2 is 2.00 bits per heavy atom. The average molecular weight is 246 g/mol. The normalized spacial score (nSPS) is 12.5. The summed E-state index contributed by atoms with van der Waals surface area (Å²) in [4.78, 5) is 23.9. The molecule has 0 aliphatic heterocycles. The van der Waals surface area contributed by atoms with E-state index in [1.54, 1.807) is 0 Å². The van der Waals surface area contributed by atoms with Gasteiger partial charge in [-0.05, 0) is 12.3 Å². The molecular formula is C11H22N2O4. The Bertz CT molecular complexity index is 256. The minimum absolute atomic E-state index is 0.202. The molecular weight excluding hydrogens is 224 g/mol. The Labute approximate surface area is 102 Å². The zero-order chi connectivity index (χ0) is 13.4. The quantitative estimate of drug-likeness (QED) is 0.625. The van der Waals surface area contributed by atoms with Crippen LogP contribution in [-0.2, 0) is 14.3 Å². The van der Waals surface area contributed by atoms with Gasteiger partial charge in [-0.25, -0.2) is 0 Å². The van der Waals surface area contributed by atoms with Gasteiger partial charge in [0.2, 0.25) is 5.91 Å². The Kier molecular flexibility index (Phi) is 7.49. The molecule has 0 aromatic carbocycles. The number of nitrogens with zero attached hydrogens (tertiary/aromatic N) is 1. The van der Waals surface area contributed by atoms with E-state index in [-0.39, 0.29) is 18.4 Å². The van der Waals surface area contributed by atoms with E-state index < -0.39 is 12.0 Å². The fraction of sp³-hybridized carbons (Fsp3) is 0.818. The summed E-state index contributed by atoms with van der Waals surface area (Å²) in [5.74, 6) is -1.16. The summed E-state index contributed by atoms with van der Waals surface area (Å²) in [6, 6.07) is -0.701. The topological polar surface area (TPSA) is 92.9 Å². The van der Waals surface area contributed by atoms with Crippen LogP contribution in [0.25, 0.3) is 0 Å². The van der Waals surface area contributed by atoms with Crippen molar-refractivity contribution in [1.82, 2.24) is 4.90 Å². The summed E-state index contributed by atoms with van der Waals surface area (Å²) in [5.41, 5.74) is 5.69. The Morgan fingerprint density at radius 3 is 2.41 bits per heavy atom. The van der Waals surface area contributed by atoms with E-state index in [2.05, 4.69) is 0 Å². The van der Waals surface area contributed by atoms with E-state index in [4.69, 9.17) is 15.6 Å². The monoisotopic (exact) mass is 246 g/mol. The number of hydrogen-bond acceptors (Lipinski definition) is 4. The minimum atomic E-state index is -1.03. The van der Waals surface area contributed by atoms with Crippen molar-refractivity contribution < 1.29 is 19.4 Å². The molecule has 0 bridgehead atoms. The van der Waals surface area contributed by atoms with Gasteiger partial charge in [-0.1, -0.05) is 13.8 Å². The first kappa shape index (κ1) is 15.9. The highest BCUT2D eigenvalue weighted by atomic mass is 16.5. The first-order valence-corrected chi connectivity index (χ1v) is 5.63. The van der Waals surface area contributed by atoms with Gasteiger partial charge in [0.05, 0.1) is 6.04 Å². The third-order valence-electron chi connectivity index (χ3n) is 2.17. The highest BCUT2D eigenvalue weighted by Crippen LogP contribution is 2.03. The van der Waals surface area contributed by atoms with Gasteiger partial charge in [-0.2, -0.15) is 0 Å². The maximum Gasteiger partial charge on any atom is 0.323 e. The van der Waals surface area contributed by atoms with Crippen molar-refractivity contribution >= 4 is 11.9 Å². The van der Waals surface area contributed by atoms with Crippen LogP contribution in [0.4, 0.5) is 0 Å². The minimum Gasteiger partial charge on any atom is -0.480 e. The SMILES string of the molecule is COCCC(N)C(=O)N(CC(=O)O)CC(C)C. The Morgan fingerprint density at radius 1 is 1.41 bits per heavy atom. The van der Waals surface area contributed by atoms with Gasteiger partial charge < -0.3 is 20.5 Å². The molecule has 0 rings (SSSR count). The van der Waals surface area contributed by atoms with E-state index in [9.17, 15) is 9.59 Å². The van der Waals surface area contributed by atoms with E-state index in [0.717, 1.165) is 0 Å². The summed E-state index contributed by atoms with van der Waals surface area (Å²) >= 11 is 0. The third kappa shape index (κ3) is 6.91. The zero-order valence-corrected chi connectivity index (χ0v) is 10.7. The smallest absolute Gasteiger partial charge is 0.323 e. The summed E-state index contributed by atoms with van der Waals surface area (Å²) in [6.45, 7) is 4.31. The average Bonchev–Trinajstić information content (AvgIpc) is 2.22. The maximum absolute atomic E-state index is 11.9. The van der Waals surface area contributed by atoms with Gasteiger partial charge in [-0.3, -0.25) is 9.59 Å². The van der Waals surface area contributed by atoms with Crippen LogP contribution in [0.3, 0.4) is 0 Å². The van der Waals surface area contributed by atoms with Gasteiger partial charge >= 0.3 is 5.97 Å². The number of rotatable bonds is 8. The standard InChI is InChI=1S/C11H22N2O4/c1-8(2)6-13(7-10(14)15)11(16)9(12)4-5-17-3/h8-9H,4-7,12H2,1-3H3,(H,14,15). The van der Waals surface area contributed by atoms with Crippen molar-refractivity contribution in [3.05, 3.63) is 0 Å². The van der Waals surface area contributed by atoms with Gasteiger partial charge in [0, 0.05) is 20.3 Å². The lowest BCUT2D eigenvalue weighted by molar-refractivity contribution is -0.145. The molecule has 1 atom stereocenters. The molecule has 1 unspecified atom stereocenters. The van der Waals surface area contributed by atoms with Gasteiger partial charge in [0.25, 0.3) is 0 Å². The molecule has 0 aliphatic carbocycles. The molecule has 3 N–H and O–H groups in total. The number of carbonyl (C=O) groups is 2. The van der Waals surface area contributed by atoms with Crippen molar-refractivity contribution in [3.8, 4) is 0 Å². The van der Waals surface area contributed by atoms with E-state index in [1.807, 2.05) is 13.8 Å². The largest absolute Gasteiger partial charge is 0.480 e. The van der Waals surface area contributed by atoms with Crippen molar-refractivity contribution in [3.63, 3.8) is 0 Å². The van der Waals surface area contributed by atoms with Gasteiger partial charge in [-0.15, -0.1) is 0 Å².